The van der Waals surface area contributed by atoms with Crippen molar-refractivity contribution in [3.8, 4) is 0 Å². The first kappa shape index (κ1) is 16.7. The summed E-state index contributed by atoms with van der Waals surface area (Å²) in [5.41, 5.74) is 2.01. The third-order valence-corrected chi connectivity index (χ3v) is 5.36. The summed E-state index contributed by atoms with van der Waals surface area (Å²) in [5, 5.41) is 15.3. The van der Waals surface area contributed by atoms with Gasteiger partial charge in [-0.1, -0.05) is 55.5 Å². The molecule has 124 valence electrons. The monoisotopic (exact) mass is 358 g/mol. The maximum atomic E-state index is 12.1. The van der Waals surface area contributed by atoms with E-state index in [0.717, 1.165) is 22.1 Å². The number of nitrogens with one attached hydrogen (secondary N) is 1. The van der Waals surface area contributed by atoms with Gasteiger partial charge in [0.25, 0.3) is 0 Å². The molecule has 0 radical (unpaired) electrons. The van der Waals surface area contributed by atoms with Crippen LogP contribution in [-0.4, -0.2) is 21.1 Å². The molecule has 0 unspecified atom stereocenters. The summed E-state index contributed by atoms with van der Waals surface area (Å²) in [7, 11) is 0. The van der Waals surface area contributed by atoms with Gasteiger partial charge in [-0.2, -0.15) is 0 Å². The number of thiazole rings is 1. The highest BCUT2D eigenvalue weighted by Gasteiger charge is 2.12. The SMILES string of the molecule is CC(C)c1nnc(NC(=O)Cc2csc(Cc3ccccc3)n2)s1. The quantitative estimate of drug-likeness (QED) is 0.726. The van der Waals surface area contributed by atoms with Gasteiger partial charge in [0.1, 0.15) is 5.01 Å². The van der Waals surface area contributed by atoms with E-state index in [1.165, 1.54) is 16.9 Å². The van der Waals surface area contributed by atoms with E-state index < -0.39 is 0 Å². The van der Waals surface area contributed by atoms with Crippen LogP contribution in [0.25, 0.3) is 0 Å². The van der Waals surface area contributed by atoms with Crippen LogP contribution in [0, 0.1) is 0 Å². The minimum absolute atomic E-state index is 0.113. The van der Waals surface area contributed by atoms with E-state index >= 15 is 0 Å². The Morgan fingerprint density at radius 3 is 2.71 bits per heavy atom. The summed E-state index contributed by atoms with van der Waals surface area (Å²) in [4.78, 5) is 16.7. The van der Waals surface area contributed by atoms with Gasteiger partial charge >= 0.3 is 0 Å². The molecule has 24 heavy (non-hydrogen) atoms. The van der Waals surface area contributed by atoms with Gasteiger partial charge in [0.05, 0.1) is 17.1 Å². The number of carbonyl (C=O) groups is 1. The summed E-state index contributed by atoms with van der Waals surface area (Å²) >= 11 is 3.00. The Labute approximate surface area is 148 Å². The van der Waals surface area contributed by atoms with Gasteiger partial charge in [-0.05, 0) is 5.56 Å². The molecule has 2 aromatic heterocycles. The third-order valence-electron chi connectivity index (χ3n) is 3.32. The van der Waals surface area contributed by atoms with E-state index in [1.54, 1.807) is 11.3 Å². The van der Waals surface area contributed by atoms with Crippen LogP contribution in [0.5, 0.6) is 0 Å². The van der Waals surface area contributed by atoms with E-state index in [-0.39, 0.29) is 12.3 Å². The molecular weight excluding hydrogens is 340 g/mol. The lowest BCUT2D eigenvalue weighted by molar-refractivity contribution is -0.115. The second-order valence-corrected chi connectivity index (χ2v) is 7.67. The highest BCUT2D eigenvalue weighted by Crippen LogP contribution is 2.22. The lowest BCUT2D eigenvalue weighted by Gasteiger charge is -1.99. The number of amides is 1. The van der Waals surface area contributed by atoms with Crippen molar-refractivity contribution in [1.82, 2.24) is 15.2 Å². The number of nitrogens with zero attached hydrogens (tertiary/aromatic N) is 3. The number of hydrogen-bond donors (Lipinski definition) is 1. The van der Waals surface area contributed by atoms with Gasteiger partial charge in [0.15, 0.2) is 0 Å². The highest BCUT2D eigenvalue weighted by atomic mass is 32.1. The zero-order valence-electron chi connectivity index (χ0n) is 13.5. The number of carbonyl (C=O) groups excluding carboxylic acids is 1. The van der Waals surface area contributed by atoms with Crippen molar-refractivity contribution >= 4 is 33.7 Å². The topological polar surface area (TPSA) is 67.8 Å². The molecule has 0 saturated carbocycles. The number of rotatable bonds is 6. The van der Waals surface area contributed by atoms with Crippen LogP contribution in [0.15, 0.2) is 35.7 Å². The molecule has 2 heterocycles. The molecule has 0 fully saturated rings. The zero-order valence-corrected chi connectivity index (χ0v) is 15.2. The molecule has 0 spiro atoms. The fourth-order valence-electron chi connectivity index (χ4n) is 2.13. The maximum Gasteiger partial charge on any atom is 0.232 e. The molecule has 1 N–H and O–H groups in total. The molecule has 0 aliphatic rings. The average molecular weight is 358 g/mol. The first-order chi connectivity index (χ1) is 11.6. The third kappa shape index (κ3) is 4.46. The smallest absolute Gasteiger partial charge is 0.232 e. The fourth-order valence-corrected chi connectivity index (χ4v) is 3.72. The lowest BCUT2D eigenvalue weighted by Crippen LogP contribution is -2.14. The molecule has 0 aliphatic carbocycles. The van der Waals surface area contributed by atoms with Gasteiger partial charge < -0.3 is 5.32 Å². The maximum absolute atomic E-state index is 12.1. The van der Waals surface area contributed by atoms with E-state index in [0.29, 0.717) is 11.0 Å². The minimum Gasteiger partial charge on any atom is -0.300 e. The van der Waals surface area contributed by atoms with Crippen LogP contribution in [0.4, 0.5) is 5.13 Å². The number of hydrogen-bond acceptors (Lipinski definition) is 6. The molecule has 1 amide bonds. The first-order valence-electron chi connectivity index (χ1n) is 7.70. The van der Waals surface area contributed by atoms with Gasteiger partial charge in [-0.3, -0.25) is 4.79 Å². The molecule has 3 rings (SSSR count). The van der Waals surface area contributed by atoms with Crippen molar-refractivity contribution in [3.05, 3.63) is 57.0 Å². The molecule has 5 nitrogen and oxygen atoms in total. The van der Waals surface area contributed by atoms with Crippen molar-refractivity contribution in [2.24, 2.45) is 0 Å². The largest absolute Gasteiger partial charge is 0.300 e. The summed E-state index contributed by atoms with van der Waals surface area (Å²) in [5.74, 6) is 0.199. The van der Waals surface area contributed by atoms with Gasteiger partial charge in [-0.15, -0.1) is 21.5 Å². The van der Waals surface area contributed by atoms with E-state index in [4.69, 9.17) is 0 Å². The van der Waals surface area contributed by atoms with Crippen LogP contribution in [-0.2, 0) is 17.6 Å². The van der Waals surface area contributed by atoms with Gasteiger partial charge in [0.2, 0.25) is 11.0 Å². The molecule has 1 aromatic carbocycles. The predicted octanol–water partition coefficient (Wildman–Crippen LogP) is 3.89. The van der Waals surface area contributed by atoms with Crippen LogP contribution >= 0.6 is 22.7 Å². The summed E-state index contributed by atoms with van der Waals surface area (Å²) in [6.45, 7) is 4.10. The van der Waals surface area contributed by atoms with E-state index in [9.17, 15) is 4.79 Å². The lowest BCUT2D eigenvalue weighted by atomic mass is 10.2. The molecular formula is C17H18N4OS2. The summed E-state index contributed by atoms with van der Waals surface area (Å²) in [6, 6.07) is 10.2. The highest BCUT2D eigenvalue weighted by molar-refractivity contribution is 7.15. The fraction of sp³-hybridized carbons (Fsp3) is 0.294. The molecule has 7 heteroatoms. The van der Waals surface area contributed by atoms with E-state index in [2.05, 4.69) is 46.5 Å². The Bertz CT molecular complexity index is 811. The van der Waals surface area contributed by atoms with Gasteiger partial charge in [0, 0.05) is 17.7 Å². The van der Waals surface area contributed by atoms with Crippen LogP contribution in [0.1, 0.15) is 41.0 Å². The second kappa shape index (κ2) is 7.63. The van der Waals surface area contributed by atoms with Crippen molar-refractivity contribution in [2.45, 2.75) is 32.6 Å². The first-order valence-corrected chi connectivity index (χ1v) is 9.40. The van der Waals surface area contributed by atoms with Crippen LogP contribution in [0.3, 0.4) is 0 Å². The second-order valence-electron chi connectivity index (χ2n) is 5.72. The predicted molar refractivity (Wildman–Crippen MR) is 97.7 cm³/mol. The van der Waals surface area contributed by atoms with Crippen molar-refractivity contribution < 1.29 is 4.79 Å². The Hall–Kier alpha value is -2.12. The molecule has 0 aliphatic heterocycles. The minimum atomic E-state index is -0.113. The Morgan fingerprint density at radius 2 is 2.00 bits per heavy atom. The summed E-state index contributed by atoms with van der Waals surface area (Å²) in [6.07, 6.45) is 1.04. The Balaban J connectivity index is 1.56. The Kier molecular flexibility index (Phi) is 5.32. The normalized spacial score (nSPS) is 11.0. The zero-order chi connectivity index (χ0) is 16.9. The van der Waals surface area contributed by atoms with Crippen molar-refractivity contribution in [1.29, 1.82) is 0 Å². The molecule has 0 bridgehead atoms. The van der Waals surface area contributed by atoms with Crippen molar-refractivity contribution in [3.63, 3.8) is 0 Å². The van der Waals surface area contributed by atoms with E-state index in [1.807, 2.05) is 23.6 Å². The summed E-state index contributed by atoms with van der Waals surface area (Å²) < 4.78 is 0. The molecule has 0 saturated heterocycles. The number of aromatic nitrogens is 3. The standard InChI is InChI=1S/C17H18N4OS2/c1-11(2)16-20-21-17(24-16)19-14(22)9-13-10-23-15(18-13)8-12-6-4-3-5-7-12/h3-7,10-11H,8-9H2,1-2H3,(H,19,21,22). The molecule has 3 aromatic rings. The van der Waals surface area contributed by atoms with Crippen LogP contribution in [0.2, 0.25) is 0 Å². The Morgan fingerprint density at radius 1 is 1.21 bits per heavy atom. The van der Waals surface area contributed by atoms with Crippen molar-refractivity contribution in [2.75, 3.05) is 5.32 Å². The molecule has 0 atom stereocenters. The number of benzene rings is 1. The van der Waals surface area contributed by atoms with Gasteiger partial charge in [-0.25, -0.2) is 4.98 Å². The van der Waals surface area contributed by atoms with Crippen LogP contribution < -0.4 is 5.32 Å². The average Bonchev–Trinajstić information content (AvgIpc) is 3.18. The number of anilines is 1.